The standard InChI is InChI=1S/C26H27FN4O2/c27-23-14-11-21(16-19(23)17-28)29-25(18-6-2-1-3-7-18)26(33)30-20-9-12-22(13-10-20)31-15-5-4-8-24(31)32/h1-3,6-7,9-14,16,25,29H,4-5,8,15,17,28H2,(H,30,33)/t25-/m0/s1. The number of nitrogens with zero attached hydrogens (tertiary/aromatic N) is 1. The number of anilines is 3. The summed E-state index contributed by atoms with van der Waals surface area (Å²) in [6, 6.07) is 20.4. The maximum absolute atomic E-state index is 13.9. The van der Waals surface area contributed by atoms with Crippen LogP contribution in [0.1, 0.15) is 36.4 Å². The molecule has 0 bridgehead atoms. The molecule has 7 heteroatoms. The number of hydrogen-bond acceptors (Lipinski definition) is 4. The minimum atomic E-state index is -0.703. The second-order valence-electron chi connectivity index (χ2n) is 8.04. The van der Waals surface area contributed by atoms with Crippen LogP contribution in [0.3, 0.4) is 0 Å². The number of nitrogens with one attached hydrogen (secondary N) is 2. The maximum atomic E-state index is 13.9. The van der Waals surface area contributed by atoms with Crippen LogP contribution in [0.2, 0.25) is 0 Å². The molecule has 4 rings (SSSR count). The Morgan fingerprint density at radius 2 is 1.73 bits per heavy atom. The predicted molar refractivity (Wildman–Crippen MR) is 128 cm³/mol. The van der Waals surface area contributed by atoms with E-state index in [-0.39, 0.29) is 24.2 Å². The summed E-state index contributed by atoms with van der Waals surface area (Å²) < 4.78 is 13.9. The van der Waals surface area contributed by atoms with E-state index in [1.807, 2.05) is 42.5 Å². The van der Waals surface area contributed by atoms with Gasteiger partial charge in [0, 0.05) is 42.1 Å². The van der Waals surface area contributed by atoms with Crippen molar-refractivity contribution in [1.82, 2.24) is 0 Å². The number of halogens is 1. The van der Waals surface area contributed by atoms with Gasteiger partial charge in [0.25, 0.3) is 5.91 Å². The first-order chi connectivity index (χ1) is 16.0. The fraction of sp³-hybridized carbons (Fsp3) is 0.231. The van der Waals surface area contributed by atoms with Crippen molar-refractivity contribution in [3.05, 3.63) is 89.7 Å². The molecule has 2 amide bonds. The molecular weight excluding hydrogens is 419 g/mol. The third-order valence-corrected chi connectivity index (χ3v) is 5.74. The zero-order chi connectivity index (χ0) is 23.2. The molecule has 4 N–H and O–H groups in total. The number of carbonyl (C=O) groups is 2. The Kier molecular flexibility index (Phi) is 7.00. The van der Waals surface area contributed by atoms with Crippen LogP contribution in [0.4, 0.5) is 21.5 Å². The highest BCUT2D eigenvalue weighted by Gasteiger charge is 2.22. The molecule has 170 valence electrons. The van der Waals surface area contributed by atoms with E-state index in [1.54, 1.807) is 29.2 Å². The molecule has 3 aromatic carbocycles. The summed E-state index contributed by atoms with van der Waals surface area (Å²) in [5.74, 6) is -0.514. The summed E-state index contributed by atoms with van der Waals surface area (Å²) in [7, 11) is 0. The van der Waals surface area contributed by atoms with Gasteiger partial charge in [-0.3, -0.25) is 9.59 Å². The van der Waals surface area contributed by atoms with Gasteiger partial charge < -0.3 is 21.3 Å². The number of hydrogen-bond donors (Lipinski definition) is 3. The largest absolute Gasteiger partial charge is 0.370 e. The lowest BCUT2D eigenvalue weighted by molar-refractivity contribution is -0.119. The Labute approximate surface area is 192 Å². The van der Waals surface area contributed by atoms with Crippen LogP contribution in [0, 0.1) is 5.82 Å². The van der Waals surface area contributed by atoms with Crippen LogP contribution in [0.25, 0.3) is 0 Å². The van der Waals surface area contributed by atoms with Gasteiger partial charge in [-0.2, -0.15) is 0 Å². The van der Waals surface area contributed by atoms with Gasteiger partial charge in [-0.1, -0.05) is 30.3 Å². The van der Waals surface area contributed by atoms with E-state index >= 15 is 0 Å². The smallest absolute Gasteiger partial charge is 0.251 e. The molecule has 1 atom stereocenters. The summed E-state index contributed by atoms with van der Waals surface area (Å²) in [6.07, 6.45) is 2.49. The lowest BCUT2D eigenvalue weighted by atomic mass is 10.0. The Hall–Kier alpha value is -3.71. The van der Waals surface area contributed by atoms with E-state index in [9.17, 15) is 14.0 Å². The molecule has 0 unspecified atom stereocenters. The normalized spacial score (nSPS) is 14.6. The van der Waals surface area contributed by atoms with Crippen LogP contribution in [-0.2, 0) is 16.1 Å². The van der Waals surface area contributed by atoms with Gasteiger partial charge in [0.05, 0.1) is 0 Å². The van der Waals surface area contributed by atoms with Crippen LogP contribution in [0.5, 0.6) is 0 Å². The molecule has 0 radical (unpaired) electrons. The van der Waals surface area contributed by atoms with Crippen molar-refractivity contribution in [3.63, 3.8) is 0 Å². The topological polar surface area (TPSA) is 87.5 Å². The fourth-order valence-electron chi connectivity index (χ4n) is 3.95. The van der Waals surface area contributed by atoms with Gasteiger partial charge >= 0.3 is 0 Å². The van der Waals surface area contributed by atoms with Crippen molar-refractivity contribution in [1.29, 1.82) is 0 Å². The SMILES string of the molecule is NCc1cc(N[C@H](C(=O)Nc2ccc(N3CCCCC3=O)cc2)c2ccccc2)ccc1F. The van der Waals surface area contributed by atoms with Crippen LogP contribution in [-0.4, -0.2) is 18.4 Å². The zero-order valence-electron chi connectivity index (χ0n) is 18.3. The number of nitrogens with two attached hydrogens (primary N) is 1. The first kappa shape index (κ1) is 22.5. The molecule has 1 heterocycles. The summed E-state index contributed by atoms with van der Waals surface area (Å²) in [5.41, 5.74) is 8.81. The summed E-state index contributed by atoms with van der Waals surface area (Å²) in [6.45, 7) is 0.780. The van der Waals surface area contributed by atoms with Crippen molar-refractivity contribution in [2.75, 3.05) is 22.1 Å². The highest BCUT2D eigenvalue weighted by Crippen LogP contribution is 2.26. The lowest BCUT2D eigenvalue weighted by Crippen LogP contribution is -2.35. The first-order valence-electron chi connectivity index (χ1n) is 11.1. The molecule has 1 saturated heterocycles. The van der Waals surface area contributed by atoms with Crippen molar-refractivity contribution in [2.24, 2.45) is 5.73 Å². The molecule has 1 aliphatic rings. The zero-order valence-corrected chi connectivity index (χ0v) is 18.3. The van der Waals surface area contributed by atoms with Crippen molar-refractivity contribution in [3.8, 4) is 0 Å². The third-order valence-electron chi connectivity index (χ3n) is 5.74. The van der Waals surface area contributed by atoms with Crippen LogP contribution < -0.4 is 21.3 Å². The molecule has 33 heavy (non-hydrogen) atoms. The molecule has 1 fully saturated rings. The Balaban J connectivity index is 1.52. The van der Waals surface area contributed by atoms with Gasteiger partial charge in [0.15, 0.2) is 0 Å². The minimum Gasteiger partial charge on any atom is -0.370 e. The van der Waals surface area contributed by atoms with Gasteiger partial charge in [0.1, 0.15) is 11.9 Å². The highest BCUT2D eigenvalue weighted by atomic mass is 19.1. The van der Waals surface area contributed by atoms with Gasteiger partial charge in [-0.05, 0) is 60.9 Å². The van der Waals surface area contributed by atoms with Crippen molar-refractivity contribution >= 4 is 28.9 Å². The fourth-order valence-corrected chi connectivity index (χ4v) is 3.95. The molecule has 0 aliphatic carbocycles. The summed E-state index contributed by atoms with van der Waals surface area (Å²) in [4.78, 5) is 27.2. The Morgan fingerprint density at radius 3 is 2.42 bits per heavy atom. The molecule has 0 saturated carbocycles. The molecule has 3 aromatic rings. The van der Waals surface area contributed by atoms with Crippen LogP contribution >= 0.6 is 0 Å². The van der Waals surface area contributed by atoms with Crippen molar-refractivity contribution in [2.45, 2.75) is 31.8 Å². The second-order valence-corrected chi connectivity index (χ2v) is 8.04. The molecule has 0 spiro atoms. The van der Waals surface area contributed by atoms with E-state index in [0.29, 0.717) is 29.9 Å². The Morgan fingerprint density at radius 1 is 1.00 bits per heavy atom. The summed E-state index contributed by atoms with van der Waals surface area (Å²) in [5, 5.41) is 6.14. The maximum Gasteiger partial charge on any atom is 0.251 e. The molecule has 0 aromatic heterocycles. The van der Waals surface area contributed by atoms with E-state index in [1.165, 1.54) is 6.07 Å². The molecule has 1 aliphatic heterocycles. The third kappa shape index (κ3) is 5.38. The predicted octanol–water partition coefficient (Wildman–Crippen LogP) is 4.59. The van der Waals surface area contributed by atoms with E-state index in [4.69, 9.17) is 5.73 Å². The monoisotopic (exact) mass is 446 g/mol. The van der Waals surface area contributed by atoms with E-state index < -0.39 is 6.04 Å². The van der Waals surface area contributed by atoms with Crippen LogP contribution in [0.15, 0.2) is 72.8 Å². The van der Waals surface area contributed by atoms with Crippen molar-refractivity contribution < 1.29 is 14.0 Å². The number of carbonyl (C=O) groups excluding carboxylic acids is 2. The molecule has 6 nitrogen and oxygen atoms in total. The number of rotatable bonds is 7. The van der Waals surface area contributed by atoms with Gasteiger partial charge in [-0.25, -0.2) is 4.39 Å². The number of amides is 2. The van der Waals surface area contributed by atoms with Gasteiger partial charge in [0.2, 0.25) is 5.91 Å². The second kappa shape index (κ2) is 10.3. The quantitative estimate of drug-likeness (QED) is 0.495. The average Bonchev–Trinajstić information content (AvgIpc) is 2.85. The minimum absolute atomic E-state index is 0.0649. The van der Waals surface area contributed by atoms with Gasteiger partial charge in [-0.15, -0.1) is 0 Å². The molecular formula is C26H27FN4O2. The van der Waals surface area contributed by atoms with E-state index in [2.05, 4.69) is 10.6 Å². The highest BCUT2D eigenvalue weighted by molar-refractivity contribution is 5.98. The lowest BCUT2D eigenvalue weighted by Gasteiger charge is -2.27. The average molecular weight is 447 g/mol. The van der Waals surface area contributed by atoms with E-state index in [0.717, 1.165) is 24.1 Å². The summed E-state index contributed by atoms with van der Waals surface area (Å²) >= 11 is 0. The number of piperidine rings is 1. The first-order valence-corrected chi connectivity index (χ1v) is 11.1. The number of benzene rings is 3. The Bertz CT molecular complexity index is 1120.